The number of aryl methyl sites for hydroxylation is 1. The van der Waals surface area contributed by atoms with Gasteiger partial charge in [0, 0.05) is 6.54 Å². The second kappa shape index (κ2) is 10.2. The Balaban J connectivity index is 1.52. The molecule has 5 rings (SSSR count). The number of aliphatic hydroxyl groups excluding tert-OH is 1. The van der Waals surface area contributed by atoms with Gasteiger partial charge in [-0.3, -0.25) is 14.4 Å². The van der Waals surface area contributed by atoms with E-state index >= 15 is 0 Å². The predicted molar refractivity (Wildman–Crippen MR) is 148 cm³/mol. The lowest BCUT2D eigenvalue weighted by Crippen LogP contribution is -2.57. The number of ether oxygens (including phenoxy) is 1. The molecule has 0 aliphatic carbocycles. The molecule has 3 fully saturated rings. The summed E-state index contributed by atoms with van der Waals surface area (Å²) in [7, 11) is 0. The van der Waals surface area contributed by atoms with Crippen LogP contribution in [-0.2, 0) is 25.7 Å². The summed E-state index contributed by atoms with van der Waals surface area (Å²) in [5.74, 6) is -2.78. The van der Waals surface area contributed by atoms with Crippen LogP contribution in [0.15, 0.2) is 48.5 Å². The van der Waals surface area contributed by atoms with Crippen LogP contribution in [0.2, 0.25) is 5.02 Å². The van der Waals surface area contributed by atoms with E-state index in [1.165, 1.54) is 4.90 Å². The molecule has 208 valence electrons. The Kier molecular flexibility index (Phi) is 7.24. The van der Waals surface area contributed by atoms with Gasteiger partial charge < -0.3 is 25.4 Å². The molecule has 3 N–H and O–H groups in total. The largest absolute Gasteiger partial charge is 0.394 e. The van der Waals surface area contributed by atoms with Crippen LogP contribution < -0.4 is 10.6 Å². The van der Waals surface area contributed by atoms with Crippen molar-refractivity contribution in [3.63, 3.8) is 0 Å². The minimum Gasteiger partial charge on any atom is -0.394 e. The number of hydrogen-bond acceptors (Lipinski definition) is 5. The third kappa shape index (κ3) is 4.42. The quantitative estimate of drug-likeness (QED) is 0.462. The number of para-hydroxylation sites is 1. The molecule has 3 saturated heterocycles. The highest BCUT2D eigenvalue weighted by Crippen LogP contribution is 2.63. The molecule has 6 atom stereocenters. The number of hydrogen-bond donors (Lipinski definition) is 3. The summed E-state index contributed by atoms with van der Waals surface area (Å²) < 4.78 is 6.67. The van der Waals surface area contributed by atoms with Crippen LogP contribution in [0.25, 0.3) is 0 Å². The van der Waals surface area contributed by atoms with E-state index in [2.05, 4.69) is 10.6 Å². The van der Waals surface area contributed by atoms with E-state index in [1.54, 1.807) is 12.1 Å². The number of nitrogens with one attached hydrogen (secondary N) is 2. The number of anilines is 1. The molecule has 2 aromatic carbocycles. The Morgan fingerprint density at radius 2 is 1.85 bits per heavy atom. The highest BCUT2D eigenvalue weighted by Gasteiger charge is 2.78. The zero-order chi connectivity index (χ0) is 28.1. The summed E-state index contributed by atoms with van der Waals surface area (Å²) >= 11 is 6.43. The number of carbonyl (C=O) groups is 3. The van der Waals surface area contributed by atoms with Gasteiger partial charge in [-0.25, -0.2) is 0 Å². The molecule has 0 saturated carbocycles. The lowest BCUT2D eigenvalue weighted by atomic mass is 9.66. The Bertz CT molecular complexity index is 1270. The number of rotatable bonds is 8. The number of halogens is 1. The first-order valence-corrected chi connectivity index (χ1v) is 13.9. The molecule has 8 nitrogen and oxygen atoms in total. The van der Waals surface area contributed by atoms with Gasteiger partial charge in [-0.15, -0.1) is 0 Å². The maximum absolute atomic E-state index is 14.3. The zero-order valence-corrected chi connectivity index (χ0v) is 23.5. The van der Waals surface area contributed by atoms with Crippen molar-refractivity contribution in [2.24, 2.45) is 17.8 Å². The predicted octanol–water partition coefficient (Wildman–Crippen LogP) is 3.68. The van der Waals surface area contributed by atoms with Gasteiger partial charge in [-0.1, -0.05) is 67.9 Å². The Morgan fingerprint density at radius 3 is 2.49 bits per heavy atom. The summed E-state index contributed by atoms with van der Waals surface area (Å²) in [5, 5.41) is 16.7. The van der Waals surface area contributed by atoms with Crippen LogP contribution >= 0.6 is 11.6 Å². The Morgan fingerprint density at radius 1 is 1.13 bits per heavy atom. The Labute approximate surface area is 234 Å². The number of likely N-dealkylation sites (tertiary alicyclic amines) is 1. The van der Waals surface area contributed by atoms with Gasteiger partial charge in [-0.05, 0) is 49.8 Å². The van der Waals surface area contributed by atoms with Crippen LogP contribution in [0, 0.1) is 24.7 Å². The van der Waals surface area contributed by atoms with Gasteiger partial charge in [0.05, 0.1) is 40.8 Å². The molecule has 9 heteroatoms. The highest BCUT2D eigenvalue weighted by atomic mass is 35.5. The third-order valence-electron chi connectivity index (χ3n) is 8.84. The van der Waals surface area contributed by atoms with Crippen molar-refractivity contribution < 1.29 is 24.2 Å². The molecule has 3 heterocycles. The maximum atomic E-state index is 14.3. The first-order chi connectivity index (χ1) is 18.5. The summed E-state index contributed by atoms with van der Waals surface area (Å²) in [6, 6.07) is 13.3. The van der Waals surface area contributed by atoms with Gasteiger partial charge in [0.1, 0.15) is 11.6 Å². The number of fused-ring (bicyclic) bond motifs is 1. The smallest absolute Gasteiger partial charge is 0.250 e. The molecular formula is C30H36ClN3O5. The molecule has 0 aromatic heterocycles. The van der Waals surface area contributed by atoms with Crippen LogP contribution in [0.4, 0.5) is 5.69 Å². The summed E-state index contributed by atoms with van der Waals surface area (Å²) in [5.41, 5.74) is 0.116. The van der Waals surface area contributed by atoms with E-state index in [1.807, 2.05) is 64.1 Å². The van der Waals surface area contributed by atoms with Crippen LogP contribution in [0.3, 0.4) is 0 Å². The fraction of sp³-hybridized carbons (Fsp3) is 0.500. The second-order valence-corrected chi connectivity index (χ2v) is 12.0. The van der Waals surface area contributed by atoms with Crippen LogP contribution in [0.1, 0.15) is 44.7 Å². The fourth-order valence-corrected chi connectivity index (χ4v) is 7.19. The number of nitrogens with zero attached hydrogens (tertiary/aromatic N) is 1. The van der Waals surface area contributed by atoms with Gasteiger partial charge in [0.25, 0.3) is 0 Å². The molecule has 3 amide bonds. The first-order valence-electron chi connectivity index (χ1n) is 13.5. The minimum absolute atomic E-state index is 0.135. The average molecular weight is 554 g/mol. The van der Waals surface area contributed by atoms with E-state index in [9.17, 15) is 19.5 Å². The molecule has 2 unspecified atom stereocenters. The molecule has 0 radical (unpaired) electrons. The molecule has 2 bridgehead atoms. The van der Waals surface area contributed by atoms with Gasteiger partial charge in [0.2, 0.25) is 17.7 Å². The van der Waals surface area contributed by atoms with E-state index in [4.69, 9.17) is 16.3 Å². The van der Waals surface area contributed by atoms with E-state index in [0.717, 1.165) is 11.1 Å². The van der Waals surface area contributed by atoms with Gasteiger partial charge in [-0.2, -0.15) is 0 Å². The SMILES string of the molecule is Cc1cccc(Cl)c1NC(=O)C1N([C@@H](CO)C(C)C)C(=O)[C@@H]2[C@@H](C(=O)NCc3ccccc3)[C@@]3(C)CCC12O3. The van der Waals surface area contributed by atoms with Gasteiger partial charge in [0.15, 0.2) is 0 Å². The molecule has 1 spiro atoms. The van der Waals surface area contributed by atoms with Crippen LogP contribution in [0.5, 0.6) is 0 Å². The topological polar surface area (TPSA) is 108 Å². The molecule has 3 aliphatic rings. The molecule has 39 heavy (non-hydrogen) atoms. The zero-order valence-electron chi connectivity index (χ0n) is 22.7. The highest BCUT2D eigenvalue weighted by molar-refractivity contribution is 6.34. The van der Waals surface area contributed by atoms with Crippen molar-refractivity contribution in [3.05, 3.63) is 64.7 Å². The van der Waals surface area contributed by atoms with Crippen molar-refractivity contribution in [2.45, 2.75) is 70.4 Å². The average Bonchev–Trinajstić information content (AvgIpc) is 3.47. The van der Waals surface area contributed by atoms with Crippen molar-refractivity contribution in [2.75, 3.05) is 11.9 Å². The first kappa shape index (κ1) is 27.6. The number of aliphatic hydroxyl groups is 1. The monoisotopic (exact) mass is 553 g/mol. The lowest BCUT2D eigenvalue weighted by Gasteiger charge is -2.38. The fourth-order valence-electron chi connectivity index (χ4n) is 6.92. The van der Waals surface area contributed by atoms with Crippen molar-refractivity contribution >= 4 is 35.0 Å². The van der Waals surface area contributed by atoms with Crippen LogP contribution in [-0.4, -0.2) is 57.6 Å². The summed E-state index contributed by atoms with van der Waals surface area (Å²) in [6.07, 6.45) is 0.989. The summed E-state index contributed by atoms with van der Waals surface area (Å²) in [6.45, 7) is 7.52. The molecular weight excluding hydrogens is 518 g/mol. The minimum atomic E-state index is -1.19. The van der Waals surface area contributed by atoms with E-state index < -0.39 is 41.0 Å². The normalized spacial score (nSPS) is 30.0. The van der Waals surface area contributed by atoms with Crippen molar-refractivity contribution in [1.82, 2.24) is 10.2 Å². The molecule has 2 aromatic rings. The number of carbonyl (C=O) groups excluding carboxylic acids is 3. The van der Waals surface area contributed by atoms with Crippen molar-refractivity contribution in [3.8, 4) is 0 Å². The van der Waals surface area contributed by atoms with Crippen molar-refractivity contribution in [1.29, 1.82) is 0 Å². The second-order valence-electron chi connectivity index (χ2n) is 11.6. The number of amides is 3. The van der Waals surface area contributed by atoms with E-state index in [-0.39, 0.29) is 24.3 Å². The van der Waals surface area contributed by atoms with E-state index in [0.29, 0.717) is 30.1 Å². The maximum Gasteiger partial charge on any atom is 0.250 e. The summed E-state index contributed by atoms with van der Waals surface area (Å²) in [4.78, 5) is 43.6. The Hall–Kier alpha value is -2.94. The standard InChI is InChI=1S/C30H36ClN3O5/c1-17(2)21(16-35)34-25(27(37)33-24-18(3)9-8-12-20(24)31)30-14-13-29(4,39-30)22(23(30)28(34)38)26(36)32-15-19-10-6-5-7-11-19/h5-12,17,21-23,25,35H,13-16H2,1-4H3,(H,32,36)(H,33,37)/t21-,22-,23-,25?,29+,30?/m0/s1. The number of benzene rings is 2. The third-order valence-corrected chi connectivity index (χ3v) is 9.15. The molecule has 3 aliphatic heterocycles. The van der Waals surface area contributed by atoms with Gasteiger partial charge >= 0.3 is 0 Å². The lowest BCUT2D eigenvalue weighted by molar-refractivity contribution is -0.149.